The highest BCUT2D eigenvalue weighted by molar-refractivity contribution is 6.24. The lowest BCUT2D eigenvalue weighted by Crippen LogP contribution is -2.51. The zero-order valence-electron chi connectivity index (χ0n) is 21.1. The van der Waals surface area contributed by atoms with Gasteiger partial charge in [0.05, 0.1) is 35.1 Å². The normalized spacial score (nSPS) is 33.1. The van der Waals surface area contributed by atoms with Crippen LogP contribution in [0.1, 0.15) is 25.3 Å². The summed E-state index contributed by atoms with van der Waals surface area (Å²) in [4.78, 5) is 55.3. The molecule has 0 bridgehead atoms. The number of phenolic OH excluding ortho intramolecular Hbond substituents is 1. The zero-order chi connectivity index (χ0) is 27.2. The summed E-state index contributed by atoms with van der Waals surface area (Å²) in [6, 6.07) is 13.6. The summed E-state index contributed by atoms with van der Waals surface area (Å²) in [7, 11) is 0. The molecule has 4 amide bonds. The fourth-order valence-corrected chi connectivity index (χ4v) is 7.65. The van der Waals surface area contributed by atoms with Crippen LogP contribution in [0.4, 0.5) is 5.69 Å². The van der Waals surface area contributed by atoms with Crippen molar-refractivity contribution in [3.05, 3.63) is 77.6 Å². The molecule has 2 aromatic rings. The molecule has 6 atom stereocenters. The minimum Gasteiger partial charge on any atom is -0.508 e. The second kappa shape index (κ2) is 8.13. The number of nitrogens with zero attached hydrogens (tertiary/aromatic N) is 2. The quantitative estimate of drug-likeness (QED) is 0.349. The average Bonchev–Trinajstić information content (AvgIpc) is 3.28. The summed E-state index contributed by atoms with van der Waals surface area (Å²) < 4.78 is 5.95. The molecule has 3 heterocycles. The molecule has 2 aromatic carbocycles. The van der Waals surface area contributed by atoms with Crippen LogP contribution in [0.3, 0.4) is 0 Å². The molecule has 198 valence electrons. The van der Waals surface area contributed by atoms with E-state index in [0.29, 0.717) is 17.9 Å². The van der Waals surface area contributed by atoms with Crippen molar-refractivity contribution in [2.75, 3.05) is 4.90 Å². The van der Waals surface area contributed by atoms with Crippen molar-refractivity contribution in [2.24, 2.45) is 35.0 Å². The van der Waals surface area contributed by atoms with Gasteiger partial charge in [0.1, 0.15) is 11.5 Å². The summed E-state index contributed by atoms with van der Waals surface area (Å²) in [6.45, 7) is 1.81. The van der Waals surface area contributed by atoms with Gasteiger partial charge >= 0.3 is 0 Å². The van der Waals surface area contributed by atoms with Crippen LogP contribution in [0.5, 0.6) is 11.5 Å². The fraction of sp³-hybridized carbons (Fsp3) is 0.333. The molecule has 9 heteroatoms. The Morgan fingerprint density at radius 2 is 1.74 bits per heavy atom. The van der Waals surface area contributed by atoms with Gasteiger partial charge in [0.2, 0.25) is 11.8 Å². The number of hydrogen-bond donors (Lipinski definition) is 2. The lowest BCUT2D eigenvalue weighted by atomic mass is 9.51. The molecule has 7 rings (SSSR count). The van der Waals surface area contributed by atoms with Gasteiger partial charge in [0, 0.05) is 17.9 Å². The minimum atomic E-state index is -1.17. The van der Waals surface area contributed by atoms with Crippen molar-refractivity contribution in [2.45, 2.75) is 26.2 Å². The lowest BCUT2D eigenvalue weighted by Gasteiger charge is -2.49. The van der Waals surface area contributed by atoms with Crippen molar-refractivity contribution in [3.8, 4) is 11.5 Å². The molecule has 2 N–H and O–H groups in total. The van der Waals surface area contributed by atoms with E-state index in [1.54, 1.807) is 42.7 Å². The number of allylic oxidation sites excluding steroid dienone is 3. The highest BCUT2D eigenvalue weighted by atomic mass is 16.5. The Bertz CT molecular complexity index is 1530. The maximum Gasteiger partial charge on any atom is 0.257 e. The Kier molecular flexibility index (Phi) is 4.97. The first-order valence-corrected chi connectivity index (χ1v) is 13.1. The molecule has 3 aliphatic heterocycles. The number of imide groups is 2. The predicted octanol–water partition coefficient (Wildman–Crippen LogP) is 3.36. The number of phenols is 1. The molecule has 0 spiro atoms. The number of hydroxylamine groups is 2. The first-order chi connectivity index (χ1) is 18.7. The van der Waals surface area contributed by atoms with Gasteiger partial charge < -0.3 is 9.84 Å². The number of amides is 4. The third kappa shape index (κ3) is 3.10. The van der Waals surface area contributed by atoms with Crippen molar-refractivity contribution < 1.29 is 34.2 Å². The van der Waals surface area contributed by atoms with E-state index in [0.717, 1.165) is 16.7 Å². The minimum absolute atomic E-state index is 0.0874. The maximum absolute atomic E-state index is 14.3. The number of anilines is 1. The van der Waals surface area contributed by atoms with Gasteiger partial charge in [-0.05, 0) is 61.6 Å². The molecule has 9 nitrogen and oxygen atoms in total. The molecule has 2 saturated heterocycles. The fourth-order valence-electron chi connectivity index (χ4n) is 7.65. The topological polar surface area (TPSA) is 124 Å². The van der Waals surface area contributed by atoms with Crippen molar-refractivity contribution >= 4 is 29.3 Å². The number of aromatic hydroxyl groups is 1. The van der Waals surface area contributed by atoms with Crippen molar-refractivity contribution in [1.82, 2.24) is 5.06 Å². The van der Waals surface area contributed by atoms with Gasteiger partial charge in [0.15, 0.2) is 0 Å². The van der Waals surface area contributed by atoms with Crippen LogP contribution in [0.2, 0.25) is 0 Å². The number of hydrogen-bond acceptors (Lipinski definition) is 7. The van der Waals surface area contributed by atoms with Crippen LogP contribution in [-0.4, -0.2) is 39.0 Å². The van der Waals surface area contributed by atoms with Gasteiger partial charge in [-0.15, -0.1) is 0 Å². The highest BCUT2D eigenvalue weighted by Gasteiger charge is 2.68. The van der Waals surface area contributed by atoms with E-state index in [1.807, 2.05) is 19.1 Å². The molecule has 39 heavy (non-hydrogen) atoms. The lowest BCUT2D eigenvalue weighted by molar-refractivity contribution is -0.173. The molecular formula is C30H26N2O7. The van der Waals surface area contributed by atoms with Crippen LogP contribution in [0.15, 0.2) is 72.0 Å². The number of benzene rings is 2. The van der Waals surface area contributed by atoms with Gasteiger partial charge in [-0.2, -0.15) is 5.06 Å². The van der Waals surface area contributed by atoms with E-state index >= 15 is 0 Å². The Labute approximate surface area is 223 Å². The summed E-state index contributed by atoms with van der Waals surface area (Å²) in [5.74, 6) is -4.62. The van der Waals surface area contributed by atoms with Crippen LogP contribution in [-0.2, 0) is 25.6 Å². The van der Waals surface area contributed by atoms with Crippen molar-refractivity contribution in [1.29, 1.82) is 0 Å². The van der Waals surface area contributed by atoms with E-state index in [-0.39, 0.29) is 35.5 Å². The molecule has 0 aromatic heterocycles. The molecular weight excluding hydrogens is 500 g/mol. The second-order valence-corrected chi connectivity index (χ2v) is 11.3. The highest BCUT2D eigenvalue weighted by Crippen LogP contribution is 2.62. The van der Waals surface area contributed by atoms with Crippen LogP contribution < -0.4 is 9.64 Å². The standard InChI is InChI=1S/C30H26N2O7/c1-30-22(27(35)31(29(30)37)17-5-3-2-4-6-17)13-21-19(8-9-20-24(21)28(36)32(38)26(20)34)25(30)16-11-15-12-18(33)7-10-23(15)39-14-16/h2-8,10,12,14,20-22,24-25,33,38H,9,11,13H2,1H3. The number of para-hydroxylation sites is 1. The third-order valence-electron chi connectivity index (χ3n) is 9.41. The Morgan fingerprint density at radius 3 is 2.51 bits per heavy atom. The van der Waals surface area contributed by atoms with E-state index in [9.17, 15) is 29.5 Å². The largest absolute Gasteiger partial charge is 0.508 e. The summed E-state index contributed by atoms with van der Waals surface area (Å²) in [5, 5.41) is 20.5. The van der Waals surface area contributed by atoms with E-state index in [1.165, 1.54) is 11.0 Å². The smallest absolute Gasteiger partial charge is 0.257 e. The molecule has 6 unspecified atom stereocenters. The van der Waals surface area contributed by atoms with E-state index in [4.69, 9.17) is 4.74 Å². The molecule has 1 saturated carbocycles. The van der Waals surface area contributed by atoms with Gasteiger partial charge in [-0.1, -0.05) is 29.8 Å². The Hall–Kier alpha value is -4.24. The number of rotatable bonds is 2. The van der Waals surface area contributed by atoms with Gasteiger partial charge in [0.25, 0.3) is 11.8 Å². The van der Waals surface area contributed by atoms with Gasteiger partial charge in [-0.3, -0.25) is 24.4 Å². The first-order valence-electron chi connectivity index (χ1n) is 13.1. The van der Waals surface area contributed by atoms with Crippen molar-refractivity contribution in [3.63, 3.8) is 0 Å². The molecule has 0 radical (unpaired) electrons. The maximum atomic E-state index is 14.3. The SMILES string of the molecule is CC12C(=O)N(c3ccccc3)C(=O)C1CC1C(=CCC3C(=O)N(O)C(=O)C31)C2C1=COc2ccc(O)cc2C1. The number of carbonyl (C=O) groups excluding carboxylic acids is 4. The number of ether oxygens (including phenoxy) is 1. The van der Waals surface area contributed by atoms with E-state index in [2.05, 4.69) is 0 Å². The van der Waals surface area contributed by atoms with E-state index < -0.39 is 46.8 Å². The zero-order valence-corrected chi connectivity index (χ0v) is 21.1. The molecule has 2 aliphatic carbocycles. The third-order valence-corrected chi connectivity index (χ3v) is 9.41. The Balaban J connectivity index is 1.39. The molecule has 5 aliphatic rings. The predicted molar refractivity (Wildman–Crippen MR) is 136 cm³/mol. The summed E-state index contributed by atoms with van der Waals surface area (Å²) >= 11 is 0. The first kappa shape index (κ1) is 23.8. The molecule has 3 fully saturated rings. The second-order valence-electron chi connectivity index (χ2n) is 11.3. The monoisotopic (exact) mass is 526 g/mol. The number of carbonyl (C=O) groups is 4. The Morgan fingerprint density at radius 1 is 0.974 bits per heavy atom. The number of fused-ring (bicyclic) bond motifs is 5. The van der Waals surface area contributed by atoms with Crippen LogP contribution in [0.25, 0.3) is 0 Å². The van der Waals surface area contributed by atoms with Gasteiger partial charge in [-0.25, -0.2) is 4.90 Å². The summed E-state index contributed by atoms with van der Waals surface area (Å²) in [5.41, 5.74) is 1.63. The summed E-state index contributed by atoms with van der Waals surface area (Å²) in [6.07, 6.45) is 4.38. The van der Waals surface area contributed by atoms with Crippen LogP contribution in [0, 0.1) is 35.0 Å². The van der Waals surface area contributed by atoms with Crippen LogP contribution >= 0.6 is 0 Å². The average molecular weight is 527 g/mol.